The number of hydrogen-bond acceptors (Lipinski definition) is 6. The molecule has 1 aliphatic heterocycles. The summed E-state index contributed by atoms with van der Waals surface area (Å²) in [5, 5.41) is 10.6. The Kier molecular flexibility index (Phi) is 4.74. The zero-order valence-corrected chi connectivity index (χ0v) is 14.9. The first-order valence-corrected chi connectivity index (χ1v) is 10.2. The normalized spacial score (nSPS) is 22.8. The maximum absolute atomic E-state index is 12.7. The van der Waals surface area contributed by atoms with Crippen molar-refractivity contribution in [3.8, 4) is 0 Å². The van der Waals surface area contributed by atoms with Gasteiger partial charge in [-0.15, -0.1) is 6.58 Å². The lowest BCUT2D eigenvalue weighted by Gasteiger charge is -2.16. The van der Waals surface area contributed by atoms with E-state index in [1.165, 1.54) is 4.57 Å². The molecule has 0 saturated carbocycles. The first-order chi connectivity index (χ1) is 11.3. The second-order valence-electron chi connectivity index (χ2n) is 5.56. The molecule has 0 bridgehead atoms. The fourth-order valence-corrected chi connectivity index (χ4v) is 6.36. The van der Waals surface area contributed by atoms with E-state index in [-0.39, 0.29) is 23.6 Å². The third-order valence-corrected chi connectivity index (χ3v) is 7.19. The first kappa shape index (κ1) is 17.5. The third-order valence-electron chi connectivity index (χ3n) is 3.72. The van der Waals surface area contributed by atoms with Crippen LogP contribution in [-0.4, -0.2) is 45.9 Å². The van der Waals surface area contributed by atoms with Gasteiger partial charge < -0.3 is 5.11 Å². The number of thioether (sulfide) groups is 1. The summed E-state index contributed by atoms with van der Waals surface area (Å²) in [5.74, 6) is -0.402. The van der Waals surface area contributed by atoms with Crippen molar-refractivity contribution in [1.29, 1.82) is 0 Å². The van der Waals surface area contributed by atoms with E-state index < -0.39 is 21.2 Å². The molecule has 1 N–H and O–H groups in total. The molecule has 128 valence electrons. The molecular formula is C15H15ClN2O4S2. The smallest absolute Gasteiger partial charge is 0.262 e. The average molecular weight is 387 g/mol. The molecule has 0 radical (unpaired) electrons. The summed E-state index contributed by atoms with van der Waals surface area (Å²) < 4.78 is 24.8. The van der Waals surface area contributed by atoms with Gasteiger partial charge in [0, 0.05) is 11.6 Å². The molecular weight excluding hydrogens is 372 g/mol. The van der Waals surface area contributed by atoms with Gasteiger partial charge in [-0.25, -0.2) is 13.4 Å². The van der Waals surface area contributed by atoms with Crippen molar-refractivity contribution < 1.29 is 13.5 Å². The Morgan fingerprint density at radius 2 is 2.21 bits per heavy atom. The van der Waals surface area contributed by atoms with E-state index in [0.29, 0.717) is 21.1 Å². The van der Waals surface area contributed by atoms with E-state index >= 15 is 0 Å². The van der Waals surface area contributed by atoms with Crippen molar-refractivity contribution in [3.05, 3.63) is 46.2 Å². The SMILES string of the molecule is C=CCn1c(S[C@@H]2CS(=O)(=O)C[C@@H]2O)nc2ccc(Cl)cc2c1=O. The van der Waals surface area contributed by atoms with Gasteiger partial charge in [0.25, 0.3) is 5.56 Å². The van der Waals surface area contributed by atoms with Crippen LogP contribution in [0.4, 0.5) is 0 Å². The summed E-state index contributed by atoms with van der Waals surface area (Å²) in [7, 11) is -3.27. The van der Waals surface area contributed by atoms with Gasteiger partial charge in [-0.2, -0.15) is 0 Å². The highest BCUT2D eigenvalue weighted by Gasteiger charge is 2.38. The van der Waals surface area contributed by atoms with Gasteiger partial charge in [-0.3, -0.25) is 9.36 Å². The minimum atomic E-state index is -3.27. The molecule has 0 spiro atoms. The summed E-state index contributed by atoms with van der Waals surface area (Å²) in [6, 6.07) is 4.83. The second-order valence-corrected chi connectivity index (χ2v) is 9.36. The molecule has 3 rings (SSSR count). The highest BCUT2D eigenvalue weighted by atomic mass is 35.5. The Labute approximate surface area is 148 Å². The Morgan fingerprint density at radius 1 is 1.46 bits per heavy atom. The third kappa shape index (κ3) is 3.37. The number of rotatable bonds is 4. The van der Waals surface area contributed by atoms with Crippen molar-refractivity contribution in [2.75, 3.05) is 11.5 Å². The standard InChI is InChI=1S/C15H15ClN2O4S2/c1-2-5-18-14(20)10-6-9(16)3-4-11(10)17-15(18)23-13-8-24(21,22)7-12(13)19/h2-4,6,12-13,19H,1,5,7-8H2/t12-,13+/m0/s1. The van der Waals surface area contributed by atoms with Gasteiger partial charge in [0.1, 0.15) is 0 Å². The van der Waals surface area contributed by atoms with E-state index in [4.69, 9.17) is 11.6 Å². The highest BCUT2D eigenvalue weighted by molar-refractivity contribution is 8.01. The maximum atomic E-state index is 12.7. The second kappa shape index (κ2) is 6.51. The zero-order valence-electron chi connectivity index (χ0n) is 12.6. The van der Waals surface area contributed by atoms with E-state index in [0.717, 1.165) is 11.8 Å². The van der Waals surface area contributed by atoms with Crippen LogP contribution in [0.5, 0.6) is 0 Å². The van der Waals surface area contributed by atoms with Gasteiger partial charge in [0.15, 0.2) is 15.0 Å². The molecule has 2 atom stereocenters. The number of sulfone groups is 1. The molecule has 1 aromatic heterocycles. The number of nitrogens with zero attached hydrogens (tertiary/aromatic N) is 2. The number of aromatic nitrogens is 2. The number of aliphatic hydroxyl groups excluding tert-OH is 1. The topological polar surface area (TPSA) is 89.3 Å². The number of benzene rings is 1. The number of fused-ring (bicyclic) bond motifs is 1. The monoisotopic (exact) mass is 386 g/mol. The first-order valence-electron chi connectivity index (χ1n) is 7.17. The van der Waals surface area contributed by atoms with Crippen LogP contribution in [0.25, 0.3) is 10.9 Å². The molecule has 2 heterocycles. The van der Waals surface area contributed by atoms with Crippen LogP contribution in [0, 0.1) is 0 Å². The Morgan fingerprint density at radius 3 is 2.83 bits per heavy atom. The molecule has 2 aromatic rings. The van der Waals surface area contributed by atoms with Crippen LogP contribution in [0.3, 0.4) is 0 Å². The lowest BCUT2D eigenvalue weighted by molar-refractivity contribution is 0.207. The van der Waals surface area contributed by atoms with Gasteiger partial charge in [0.05, 0.1) is 33.8 Å². The predicted molar refractivity (Wildman–Crippen MR) is 95.5 cm³/mol. The lowest BCUT2D eigenvalue weighted by atomic mass is 10.2. The van der Waals surface area contributed by atoms with E-state index in [2.05, 4.69) is 11.6 Å². The number of allylic oxidation sites excluding steroid dienone is 1. The summed E-state index contributed by atoms with van der Waals surface area (Å²) in [5.41, 5.74) is 0.197. The Bertz CT molecular complexity index is 971. The van der Waals surface area contributed by atoms with E-state index in [1.807, 2.05) is 0 Å². The molecule has 6 nitrogen and oxygen atoms in total. The van der Waals surface area contributed by atoms with Crippen molar-refractivity contribution in [1.82, 2.24) is 9.55 Å². The molecule has 0 unspecified atom stereocenters. The van der Waals surface area contributed by atoms with Gasteiger partial charge in [-0.1, -0.05) is 29.4 Å². The summed E-state index contributed by atoms with van der Waals surface area (Å²) in [4.78, 5) is 17.2. The van der Waals surface area contributed by atoms with Crippen molar-refractivity contribution in [2.24, 2.45) is 0 Å². The van der Waals surface area contributed by atoms with E-state index in [1.54, 1.807) is 24.3 Å². The minimum Gasteiger partial charge on any atom is -0.391 e. The van der Waals surface area contributed by atoms with Gasteiger partial charge >= 0.3 is 0 Å². The quantitative estimate of drug-likeness (QED) is 0.632. The zero-order chi connectivity index (χ0) is 17.5. The summed E-state index contributed by atoms with van der Waals surface area (Å²) >= 11 is 7.05. The number of hydrogen-bond donors (Lipinski definition) is 1. The lowest BCUT2D eigenvalue weighted by Crippen LogP contribution is -2.26. The number of halogens is 1. The molecule has 24 heavy (non-hydrogen) atoms. The van der Waals surface area contributed by atoms with Gasteiger partial charge in [0.2, 0.25) is 0 Å². The van der Waals surface area contributed by atoms with Gasteiger partial charge in [-0.05, 0) is 18.2 Å². The van der Waals surface area contributed by atoms with Crippen molar-refractivity contribution in [3.63, 3.8) is 0 Å². The maximum Gasteiger partial charge on any atom is 0.262 e. The molecule has 1 saturated heterocycles. The molecule has 1 aliphatic rings. The fourth-order valence-electron chi connectivity index (χ4n) is 2.60. The van der Waals surface area contributed by atoms with Crippen LogP contribution in [-0.2, 0) is 16.4 Å². The molecule has 1 aromatic carbocycles. The highest BCUT2D eigenvalue weighted by Crippen LogP contribution is 2.30. The Balaban J connectivity index is 2.09. The largest absolute Gasteiger partial charge is 0.391 e. The van der Waals surface area contributed by atoms with Crippen molar-refractivity contribution >= 4 is 44.1 Å². The molecule has 0 aliphatic carbocycles. The van der Waals surface area contributed by atoms with Crippen LogP contribution >= 0.6 is 23.4 Å². The van der Waals surface area contributed by atoms with Crippen molar-refractivity contribution in [2.45, 2.75) is 23.1 Å². The minimum absolute atomic E-state index is 0.137. The molecule has 1 fully saturated rings. The van der Waals surface area contributed by atoms with Crippen LogP contribution < -0.4 is 5.56 Å². The van der Waals surface area contributed by atoms with Crippen LogP contribution in [0.15, 0.2) is 40.8 Å². The average Bonchev–Trinajstić information content (AvgIpc) is 2.76. The molecule has 9 heteroatoms. The number of aliphatic hydroxyl groups is 1. The summed E-state index contributed by atoms with van der Waals surface area (Å²) in [6.07, 6.45) is 0.584. The van der Waals surface area contributed by atoms with Crippen LogP contribution in [0.2, 0.25) is 5.02 Å². The van der Waals surface area contributed by atoms with E-state index in [9.17, 15) is 18.3 Å². The molecule has 0 amide bonds. The Hall–Kier alpha value is -1.35. The fraction of sp³-hybridized carbons (Fsp3) is 0.333. The predicted octanol–water partition coefficient (Wildman–Crippen LogP) is 1.49. The summed E-state index contributed by atoms with van der Waals surface area (Å²) in [6.45, 7) is 3.87. The van der Waals surface area contributed by atoms with Crippen LogP contribution in [0.1, 0.15) is 0 Å².